The fraction of sp³-hybridized carbons (Fsp3) is 0.923. The minimum absolute atomic E-state index is 0.279. The molecule has 2 atom stereocenters. The number of nitrogens with one attached hydrogen (secondary N) is 1. The van der Waals surface area contributed by atoms with Crippen LogP contribution < -0.4 is 5.32 Å². The lowest BCUT2D eigenvalue weighted by atomic mass is 10.0. The largest absolute Gasteiger partial charge is 0.468 e. The zero-order valence-corrected chi connectivity index (χ0v) is 11.7. The first-order chi connectivity index (χ1) is 8.62. The summed E-state index contributed by atoms with van der Waals surface area (Å²) in [7, 11) is 1.40. The summed E-state index contributed by atoms with van der Waals surface area (Å²) in [5.41, 5.74) is -0.760. The van der Waals surface area contributed by atoms with Gasteiger partial charge in [0.2, 0.25) is 0 Å². The van der Waals surface area contributed by atoms with Crippen LogP contribution in [0.2, 0.25) is 0 Å². The molecule has 0 aromatic heterocycles. The van der Waals surface area contributed by atoms with Crippen molar-refractivity contribution in [2.45, 2.75) is 32.2 Å². The van der Waals surface area contributed by atoms with Gasteiger partial charge in [0.05, 0.1) is 26.9 Å². The molecule has 1 fully saturated rings. The molecule has 1 aliphatic heterocycles. The number of ether oxygens (including phenoxy) is 3. The molecule has 1 aliphatic rings. The molecule has 5 heteroatoms. The zero-order valence-electron chi connectivity index (χ0n) is 11.7. The first-order valence-corrected chi connectivity index (χ1v) is 6.61. The fourth-order valence-corrected chi connectivity index (χ4v) is 1.95. The van der Waals surface area contributed by atoms with Gasteiger partial charge in [-0.3, -0.25) is 0 Å². The van der Waals surface area contributed by atoms with Crippen LogP contribution in [0.15, 0.2) is 0 Å². The van der Waals surface area contributed by atoms with Crippen LogP contribution in [0.4, 0.5) is 0 Å². The lowest BCUT2D eigenvalue weighted by Gasteiger charge is -2.28. The number of carbonyl (C=O) groups excluding carboxylic acids is 1. The Morgan fingerprint density at radius 1 is 1.56 bits per heavy atom. The molecule has 0 saturated carbocycles. The molecule has 1 N–H and O–H groups in total. The second kappa shape index (κ2) is 7.71. The van der Waals surface area contributed by atoms with Crippen molar-refractivity contribution in [3.8, 4) is 0 Å². The van der Waals surface area contributed by atoms with E-state index in [1.165, 1.54) is 7.11 Å². The third-order valence-corrected chi connectivity index (χ3v) is 3.17. The van der Waals surface area contributed by atoms with Gasteiger partial charge in [-0.15, -0.1) is 0 Å². The highest BCUT2D eigenvalue weighted by molar-refractivity contribution is 5.80. The fourth-order valence-electron chi connectivity index (χ4n) is 1.95. The second-order valence-corrected chi connectivity index (χ2v) is 5.00. The Bertz CT molecular complexity index is 253. The molecular formula is C13H25NO4. The van der Waals surface area contributed by atoms with Gasteiger partial charge in [-0.2, -0.15) is 0 Å². The highest BCUT2D eigenvalue weighted by Crippen LogP contribution is 2.14. The van der Waals surface area contributed by atoms with Crippen LogP contribution in [0.3, 0.4) is 0 Å². The zero-order chi connectivity index (χ0) is 13.4. The highest BCUT2D eigenvalue weighted by Gasteiger charge is 2.34. The minimum atomic E-state index is -0.760. The summed E-state index contributed by atoms with van der Waals surface area (Å²) in [5.74, 6) is 0.177. The Balaban J connectivity index is 2.37. The van der Waals surface area contributed by atoms with Gasteiger partial charge < -0.3 is 19.5 Å². The van der Waals surface area contributed by atoms with Gasteiger partial charge >= 0.3 is 5.97 Å². The minimum Gasteiger partial charge on any atom is -0.468 e. The van der Waals surface area contributed by atoms with Gasteiger partial charge in [0.25, 0.3) is 0 Å². The second-order valence-electron chi connectivity index (χ2n) is 5.00. The third-order valence-electron chi connectivity index (χ3n) is 3.17. The van der Waals surface area contributed by atoms with Crippen LogP contribution in [-0.2, 0) is 19.0 Å². The van der Waals surface area contributed by atoms with E-state index in [2.05, 4.69) is 12.2 Å². The summed E-state index contributed by atoms with van der Waals surface area (Å²) in [6.45, 7) is 7.19. The molecular weight excluding hydrogens is 234 g/mol. The summed E-state index contributed by atoms with van der Waals surface area (Å²) in [6.07, 6.45) is 2.00. The maximum Gasteiger partial charge on any atom is 0.328 e. The summed E-state index contributed by atoms with van der Waals surface area (Å²) in [6, 6.07) is 0. The van der Waals surface area contributed by atoms with Crippen molar-refractivity contribution in [1.29, 1.82) is 0 Å². The Hall–Kier alpha value is -0.650. The lowest BCUT2D eigenvalue weighted by Crippen LogP contribution is -2.54. The quantitative estimate of drug-likeness (QED) is 0.658. The molecule has 1 rings (SSSR count). The summed E-state index contributed by atoms with van der Waals surface area (Å²) >= 11 is 0. The smallest absolute Gasteiger partial charge is 0.328 e. The first-order valence-electron chi connectivity index (χ1n) is 6.61. The maximum absolute atomic E-state index is 11.8. The van der Waals surface area contributed by atoms with E-state index in [9.17, 15) is 4.79 Å². The number of hydrogen-bond donors (Lipinski definition) is 1. The van der Waals surface area contributed by atoms with Crippen LogP contribution in [-0.4, -0.2) is 51.6 Å². The molecule has 2 unspecified atom stereocenters. The summed E-state index contributed by atoms with van der Waals surface area (Å²) in [5, 5.41) is 3.19. The van der Waals surface area contributed by atoms with E-state index in [-0.39, 0.29) is 5.97 Å². The van der Waals surface area contributed by atoms with E-state index in [0.717, 1.165) is 32.6 Å². The molecule has 0 bridgehead atoms. The average Bonchev–Trinajstić information content (AvgIpc) is 2.88. The number of hydrogen-bond acceptors (Lipinski definition) is 5. The molecule has 0 radical (unpaired) electrons. The van der Waals surface area contributed by atoms with Crippen LogP contribution in [0.1, 0.15) is 26.7 Å². The van der Waals surface area contributed by atoms with Gasteiger partial charge in [-0.05, 0) is 26.3 Å². The summed E-state index contributed by atoms with van der Waals surface area (Å²) in [4.78, 5) is 11.8. The van der Waals surface area contributed by atoms with Crippen LogP contribution in [0, 0.1) is 5.92 Å². The number of methoxy groups -OCH3 is 1. The van der Waals surface area contributed by atoms with Gasteiger partial charge in [0.15, 0.2) is 0 Å². The maximum atomic E-state index is 11.8. The monoisotopic (exact) mass is 259 g/mol. The molecule has 0 aliphatic carbocycles. The predicted octanol–water partition coefficient (Wildman–Crippen LogP) is 0.971. The molecule has 0 aromatic rings. The van der Waals surface area contributed by atoms with Crippen molar-refractivity contribution >= 4 is 5.97 Å². The van der Waals surface area contributed by atoms with Gasteiger partial charge in [0.1, 0.15) is 5.54 Å². The van der Waals surface area contributed by atoms with E-state index >= 15 is 0 Å². The van der Waals surface area contributed by atoms with Crippen molar-refractivity contribution in [3.05, 3.63) is 0 Å². The van der Waals surface area contributed by atoms with E-state index in [4.69, 9.17) is 14.2 Å². The molecule has 1 heterocycles. The van der Waals surface area contributed by atoms with Crippen molar-refractivity contribution in [1.82, 2.24) is 5.32 Å². The van der Waals surface area contributed by atoms with Crippen molar-refractivity contribution in [3.63, 3.8) is 0 Å². The molecule has 0 spiro atoms. The Morgan fingerprint density at radius 3 is 2.89 bits per heavy atom. The van der Waals surface area contributed by atoms with E-state index in [1.807, 2.05) is 6.92 Å². The SMILES string of the molecule is CCCNC(C)(COCC1CCOC1)C(=O)OC. The standard InChI is InChI=1S/C13H25NO4/c1-4-6-14-13(2,12(15)16-3)10-18-9-11-5-7-17-8-11/h11,14H,4-10H2,1-3H3. The normalized spacial score (nSPS) is 22.7. The van der Waals surface area contributed by atoms with Crippen LogP contribution in [0.25, 0.3) is 0 Å². The van der Waals surface area contributed by atoms with Gasteiger partial charge in [0, 0.05) is 12.5 Å². The summed E-state index contributed by atoms with van der Waals surface area (Å²) < 4.78 is 15.8. The van der Waals surface area contributed by atoms with E-state index < -0.39 is 5.54 Å². The van der Waals surface area contributed by atoms with Crippen LogP contribution >= 0.6 is 0 Å². The molecule has 0 amide bonds. The van der Waals surface area contributed by atoms with Crippen molar-refractivity contribution in [2.24, 2.45) is 5.92 Å². The molecule has 1 saturated heterocycles. The lowest BCUT2D eigenvalue weighted by molar-refractivity contribution is -0.150. The topological polar surface area (TPSA) is 56.8 Å². The molecule has 106 valence electrons. The van der Waals surface area contributed by atoms with Crippen molar-refractivity contribution < 1.29 is 19.0 Å². The van der Waals surface area contributed by atoms with E-state index in [0.29, 0.717) is 19.1 Å². The first kappa shape index (κ1) is 15.4. The number of esters is 1. The molecule has 18 heavy (non-hydrogen) atoms. The average molecular weight is 259 g/mol. The Morgan fingerprint density at radius 2 is 2.33 bits per heavy atom. The van der Waals surface area contributed by atoms with Gasteiger partial charge in [-0.1, -0.05) is 6.92 Å². The Labute approximate surface area is 109 Å². The number of rotatable bonds is 8. The molecule has 5 nitrogen and oxygen atoms in total. The van der Waals surface area contributed by atoms with Crippen molar-refractivity contribution in [2.75, 3.05) is 40.1 Å². The Kier molecular flexibility index (Phi) is 6.60. The molecule has 0 aromatic carbocycles. The third kappa shape index (κ3) is 4.55. The van der Waals surface area contributed by atoms with E-state index in [1.54, 1.807) is 0 Å². The highest BCUT2D eigenvalue weighted by atomic mass is 16.5. The number of carbonyl (C=O) groups is 1. The van der Waals surface area contributed by atoms with Crippen LogP contribution in [0.5, 0.6) is 0 Å². The van der Waals surface area contributed by atoms with Gasteiger partial charge in [-0.25, -0.2) is 4.79 Å². The predicted molar refractivity (Wildman–Crippen MR) is 68.5 cm³/mol.